The van der Waals surface area contributed by atoms with E-state index in [1.54, 1.807) is 7.11 Å². The second-order valence-corrected chi connectivity index (χ2v) is 6.55. The van der Waals surface area contributed by atoms with Gasteiger partial charge in [0, 0.05) is 17.6 Å². The van der Waals surface area contributed by atoms with Crippen LogP contribution < -0.4 is 0 Å². The van der Waals surface area contributed by atoms with Crippen LogP contribution in [0.2, 0.25) is 0 Å². The highest BCUT2D eigenvalue weighted by Gasteiger charge is 2.39. The minimum atomic E-state index is -0.000863. The molecule has 4 atom stereocenters. The first-order valence-corrected chi connectivity index (χ1v) is 8.14. The van der Waals surface area contributed by atoms with E-state index in [-0.39, 0.29) is 6.61 Å². The molecule has 0 saturated heterocycles. The van der Waals surface area contributed by atoms with Gasteiger partial charge in [0.05, 0.1) is 13.7 Å². The van der Waals surface area contributed by atoms with Crippen molar-refractivity contribution in [2.75, 3.05) is 20.3 Å². The van der Waals surface area contributed by atoms with Crippen LogP contribution in [0.1, 0.15) is 32.6 Å². The van der Waals surface area contributed by atoms with Gasteiger partial charge in [-0.05, 0) is 30.6 Å². The Kier molecular flexibility index (Phi) is 4.39. The van der Waals surface area contributed by atoms with Gasteiger partial charge in [-0.2, -0.15) is 0 Å². The molecule has 0 aromatic carbocycles. The molecule has 3 aliphatic rings. The van der Waals surface area contributed by atoms with E-state index in [4.69, 9.17) is 9.47 Å². The lowest BCUT2D eigenvalue weighted by Gasteiger charge is -2.42. The van der Waals surface area contributed by atoms with Crippen molar-refractivity contribution in [2.45, 2.75) is 32.6 Å². The topological polar surface area (TPSA) is 38.7 Å². The average molecular weight is 290 g/mol. The largest absolute Gasteiger partial charge is 0.496 e. The van der Waals surface area contributed by atoms with Crippen LogP contribution in [-0.2, 0) is 9.47 Å². The first-order chi connectivity index (χ1) is 10.2. The number of hydrogen-bond acceptors (Lipinski definition) is 3. The third kappa shape index (κ3) is 2.76. The van der Waals surface area contributed by atoms with Gasteiger partial charge in [-0.25, -0.2) is 0 Å². The molecule has 3 rings (SSSR count). The van der Waals surface area contributed by atoms with Crippen LogP contribution in [0.4, 0.5) is 0 Å². The zero-order valence-electron chi connectivity index (χ0n) is 13.0. The highest BCUT2D eigenvalue weighted by molar-refractivity contribution is 5.29. The number of methoxy groups -OCH3 is 1. The Morgan fingerprint density at radius 1 is 1.29 bits per heavy atom. The van der Waals surface area contributed by atoms with Crippen LogP contribution >= 0.6 is 0 Å². The van der Waals surface area contributed by atoms with Crippen molar-refractivity contribution < 1.29 is 14.6 Å². The van der Waals surface area contributed by atoms with Gasteiger partial charge in [-0.1, -0.05) is 31.9 Å². The fourth-order valence-electron chi connectivity index (χ4n) is 4.20. The predicted octanol–water partition coefficient (Wildman–Crippen LogP) is 3.42. The van der Waals surface area contributed by atoms with Gasteiger partial charge in [-0.3, -0.25) is 0 Å². The number of rotatable bonds is 3. The zero-order valence-corrected chi connectivity index (χ0v) is 13.0. The van der Waals surface area contributed by atoms with Gasteiger partial charge in [0.25, 0.3) is 0 Å². The van der Waals surface area contributed by atoms with Gasteiger partial charge in [-0.15, -0.1) is 0 Å². The molecule has 0 spiro atoms. The molecular formula is C18H26O3. The molecule has 1 N–H and O–H groups in total. The number of ether oxygens (including phenoxy) is 2. The number of fused-ring (bicyclic) bond motifs is 1. The molecule has 1 fully saturated rings. The Balaban J connectivity index is 1.89. The third-order valence-electron chi connectivity index (χ3n) is 5.34. The second-order valence-electron chi connectivity index (χ2n) is 6.55. The van der Waals surface area contributed by atoms with Crippen molar-refractivity contribution in [1.82, 2.24) is 0 Å². The summed E-state index contributed by atoms with van der Waals surface area (Å²) >= 11 is 0. The number of aliphatic hydroxyl groups excluding tert-OH is 1. The fourth-order valence-corrected chi connectivity index (χ4v) is 4.20. The summed E-state index contributed by atoms with van der Waals surface area (Å²) in [6, 6.07) is 0. The van der Waals surface area contributed by atoms with E-state index in [9.17, 15) is 5.11 Å². The quantitative estimate of drug-likeness (QED) is 0.809. The number of allylic oxidation sites excluding steroid dienone is 4. The van der Waals surface area contributed by atoms with Gasteiger partial charge >= 0.3 is 0 Å². The minimum absolute atomic E-state index is 0.000863. The standard InChI is InChI=1S/C18H26O3/c1-12-7-8-13-5-3-4-6-15(13)18(12)17-9-16(20-2)14(10-19)11-21-17/h7-9,12-13,15,18-19H,3-6,10-11H2,1-2H3/t12-,13+,15-,18-/m1/s1. The van der Waals surface area contributed by atoms with E-state index in [2.05, 4.69) is 19.1 Å². The maximum atomic E-state index is 9.37. The van der Waals surface area contributed by atoms with Gasteiger partial charge in [0.1, 0.15) is 18.1 Å². The first kappa shape index (κ1) is 14.7. The molecule has 0 unspecified atom stereocenters. The summed E-state index contributed by atoms with van der Waals surface area (Å²) in [6.45, 7) is 2.74. The van der Waals surface area contributed by atoms with Crippen LogP contribution in [0.25, 0.3) is 0 Å². The molecular weight excluding hydrogens is 264 g/mol. The predicted molar refractivity (Wildman–Crippen MR) is 82.4 cm³/mol. The first-order valence-electron chi connectivity index (χ1n) is 8.14. The Morgan fingerprint density at radius 2 is 2.10 bits per heavy atom. The van der Waals surface area contributed by atoms with Crippen LogP contribution in [-0.4, -0.2) is 25.4 Å². The van der Waals surface area contributed by atoms with E-state index >= 15 is 0 Å². The highest BCUT2D eigenvalue weighted by Crippen LogP contribution is 2.46. The lowest BCUT2D eigenvalue weighted by atomic mass is 9.64. The molecule has 0 aromatic rings. The van der Waals surface area contributed by atoms with Crippen LogP contribution in [0.15, 0.2) is 35.3 Å². The van der Waals surface area contributed by atoms with E-state index in [0.29, 0.717) is 30.3 Å². The van der Waals surface area contributed by atoms with Crippen molar-refractivity contribution in [3.63, 3.8) is 0 Å². The fraction of sp³-hybridized carbons (Fsp3) is 0.667. The van der Waals surface area contributed by atoms with Crippen molar-refractivity contribution in [3.05, 3.63) is 35.3 Å². The van der Waals surface area contributed by atoms with E-state index < -0.39 is 0 Å². The van der Waals surface area contributed by atoms with Crippen molar-refractivity contribution in [3.8, 4) is 0 Å². The summed E-state index contributed by atoms with van der Waals surface area (Å²) in [5.74, 6) is 4.19. The molecule has 0 aromatic heterocycles. The molecule has 0 bridgehead atoms. The minimum Gasteiger partial charge on any atom is -0.496 e. The average Bonchev–Trinajstić information content (AvgIpc) is 2.54. The highest BCUT2D eigenvalue weighted by atomic mass is 16.5. The molecule has 1 heterocycles. The second kappa shape index (κ2) is 6.27. The van der Waals surface area contributed by atoms with Crippen LogP contribution in [0, 0.1) is 23.7 Å². The molecule has 0 radical (unpaired) electrons. The van der Waals surface area contributed by atoms with E-state index in [1.807, 2.05) is 6.08 Å². The van der Waals surface area contributed by atoms with Gasteiger partial charge in [0.15, 0.2) is 0 Å². The maximum absolute atomic E-state index is 9.37. The van der Waals surface area contributed by atoms with Gasteiger partial charge < -0.3 is 14.6 Å². The molecule has 1 saturated carbocycles. The summed E-state index contributed by atoms with van der Waals surface area (Å²) in [5.41, 5.74) is 0.834. The lowest BCUT2D eigenvalue weighted by Crippen LogP contribution is -2.35. The van der Waals surface area contributed by atoms with Crippen molar-refractivity contribution in [2.24, 2.45) is 23.7 Å². The summed E-state index contributed by atoms with van der Waals surface area (Å²) < 4.78 is 11.4. The third-order valence-corrected chi connectivity index (χ3v) is 5.34. The lowest BCUT2D eigenvalue weighted by molar-refractivity contribution is 0.0912. The number of hydrogen-bond donors (Lipinski definition) is 1. The molecule has 3 heteroatoms. The van der Waals surface area contributed by atoms with E-state index in [0.717, 1.165) is 17.1 Å². The molecule has 116 valence electrons. The monoisotopic (exact) mass is 290 g/mol. The SMILES string of the molecule is COC1=C(CO)COC([C@H]2[C@@H]3CCCC[C@H]3C=C[C@H]2C)=C1. The number of aliphatic hydroxyl groups is 1. The molecule has 3 nitrogen and oxygen atoms in total. The van der Waals surface area contributed by atoms with Crippen LogP contribution in [0.3, 0.4) is 0 Å². The maximum Gasteiger partial charge on any atom is 0.127 e. The Labute approximate surface area is 127 Å². The summed E-state index contributed by atoms with van der Waals surface area (Å²) in [5, 5.41) is 9.37. The Hall–Kier alpha value is -1.22. The van der Waals surface area contributed by atoms with Crippen molar-refractivity contribution >= 4 is 0 Å². The summed E-state index contributed by atoms with van der Waals surface area (Å²) in [7, 11) is 1.66. The summed E-state index contributed by atoms with van der Waals surface area (Å²) in [4.78, 5) is 0. The summed E-state index contributed by atoms with van der Waals surface area (Å²) in [6.07, 6.45) is 12.1. The molecule has 2 aliphatic carbocycles. The smallest absolute Gasteiger partial charge is 0.127 e. The van der Waals surface area contributed by atoms with Gasteiger partial charge in [0.2, 0.25) is 0 Å². The van der Waals surface area contributed by atoms with E-state index in [1.165, 1.54) is 25.7 Å². The zero-order chi connectivity index (χ0) is 14.8. The van der Waals surface area contributed by atoms with Crippen molar-refractivity contribution in [1.29, 1.82) is 0 Å². The molecule has 0 amide bonds. The van der Waals surface area contributed by atoms with Crippen LogP contribution in [0.5, 0.6) is 0 Å². The Bertz CT molecular complexity index is 475. The Morgan fingerprint density at radius 3 is 2.86 bits per heavy atom. The molecule has 1 aliphatic heterocycles. The normalized spacial score (nSPS) is 35.9. The molecule has 21 heavy (non-hydrogen) atoms.